The molecule has 0 unspecified atom stereocenters. The molecule has 9 rings (SSSR count). The molecule has 0 N–H and O–H groups in total. The van der Waals surface area contributed by atoms with Crippen molar-refractivity contribution in [3.05, 3.63) is 210 Å². The van der Waals surface area contributed by atoms with Crippen LogP contribution in [0.5, 0.6) is 0 Å². The van der Waals surface area contributed by atoms with E-state index in [2.05, 4.69) is 152 Å². The molecule has 0 fully saturated rings. The first kappa shape index (κ1) is 28.7. The minimum Gasteiger partial charge on any atom is -0.255 e. The van der Waals surface area contributed by atoms with Crippen LogP contribution in [0.4, 0.5) is 0 Å². The summed E-state index contributed by atoms with van der Waals surface area (Å²) in [6, 6.07) is 64.2. The van der Waals surface area contributed by atoms with Gasteiger partial charge < -0.3 is 0 Å². The van der Waals surface area contributed by atoms with Crippen molar-refractivity contribution in [3.63, 3.8) is 0 Å². The van der Waals surface area contributed by atoms with E-state index in [1.807, 2.05) is 36.5 Å². The van der Waals surface area contributed by atoms with Gasteiger partial charge in [-0.2, -0.15) is 0 Å². The predicted octanol–water partition coefficient (Wildman–Crippen LogP) is 10.9. The first-order chi connectivity index (χ1) is 24.3. The van der Waals surface area contributed by atoms with Crippen LogP contribution in [0.2, 0.25) is 0 Å². The maximum atomic E-state index is 5.29. The van der Waals surface area contributed by atoms with Gasteiger partial charge in [-0.05, 0) is 51.6 Å². The highest BCUT2D eigenvalue weighted by Crippen LogP contribution is 2.58. The SMILES string of the molecule is c1ccc(-c2ccc(-c3nc(-c4ccccc4)cc(-c4cccc5c4-c4ccccc4C5(c4ccccc4)c4ccccc4)n3)cn2)cc1. The lowest BCUT2D eigenvalue weighted by Gasteiger charge is -2.33. The first-order valence-corrected chi connectivity index (χ1v) is 16.6. The fourth-order valence-corrected chi connectivity index (χ4v) is 7.48. The zero-order chi connectivity index (χ0) is 32.6. The Hall–Kier alpha value is -6.45. The molecule has 0 spiro atoms. The Balaban J connectivity index is 1.29. The summed E-state index contributed by atoms with van der Waals surface area (Å²) in [6.45, 7) is 0. The molecule has 0 bridgehead atoms. The molecule has 1 aliphatic rings. The van der Waals surface area contributed by atoms with Crippen LogP contribution in [0, 0.1) is 0 Å². The second-order valence-electron chi connectivity index (χ2n) is 12.4. The first-order valence-electron chi connectivity index (χ1n) is 16.6. The summed E-state index contributed by atoms with van der Waals surface area (Å²) >= 11 is 0. The van der Waals surface area contributed by atoms with Gasteiger partial charge in [0.05, 0.1) is 22.5 Å². The molecule has 0 saturated heterocycles. The molecule has 0 amide bonds. The average Bonchev–Trinajstić information content (AvgIpc) is 3.50. The van der Waals surface area contributed by atoms with Crippen LogP contribution in [0.25, 0.3) is 56.3 Å². The summed E-state index contributed by atoms with van der Waals surface area (Å²) in [7, 11) is 0. The summed E-state index contributed by atoms with van der Waals surface area (Å²) in [6.07, 6.45) is 1.89. The Morgan fingerprint density at radius 3 is 1.53 bits per heavy atom. The maximum absolute atomic E-state index is 5.29. The third-order valence-electron chi connectivity index (χ3n) is 9.65. The van der Waals surface area contributed by atoms with E-state index in [1.165, 1.54) is 33.4 Å². The van der Waals surface area contributed by atoms with E-state index in [0.717, 1.165) is 39.3 Å². The van der Waals surface area contributed by atoms with Crippen LogP contribution in [0.3, 0.4) is 0 Å². The monoisotopic (exact) mass is 625 g/mol. The molecular formula is C46H31N3. The second-order valence-corrected chi connectivity index (χ2v) is 12.4. The fraction of sp³-hybridized carbons (Fsp3) is 0.0217. The minimum absolute atomic E-state index is 0.486. The van der Waals surface area contributed by atoms with E-state index in [9.17, 15) is 0 Å². The molecule has 2 aromatic heterocycles. The Kier molecular flexibility index (Phi) is 7.02. The molecular weight excluding hydrogens is 595 g/mol. The summed E-state index contributed by atoms with van der Waals surface area (Å²) in [5, 5.41) is 0. The highest BCUT2D eigenvalue weighted by Gasteiger charge is 2.46. The summed E-state index contributed by atoms with van der Waals surface area (Å²) in [5.74, 6) is 0.643. The highest BCUT2D eigenvalue weighted by molar-refractivity contribution is 5.95. The van der Waals surface area contributed by atoms with Crippen molar-refractivity contribution in [2.45, 2.75) is 5.41 Å². The molecule has 8 aromatic rings. The fourth-order valence-electron chi connectivity index (χ4n) is 7.48. The van der Waals surface area contributed by atoms with Gasteiger partial charge in [-0.3, -0.25) is 4.98 Å². The maximum Gasteiger partial charge on any atom is 0.161 e. The van der Waals surface area contributed by atoms with Gasteiger partial charge in [0.2, 0.25) is 0 Å². The van der Waals surface area contributed by atoms with Crippen molar-refractivity contribution in [3.8, 4) is 56.3 Å². The molecule has 3 heteroatoms. The summed E-state index contributed by atoms with van der Waals surface area (Å²) in [4.78, 5) is 15.2. The van der Waals surface area contributed by atoms with E-state index in [0.29, 0.717) is 5.82 Å². The number of nitrogens with zero attached hydrogens (tertiary/aromatic N) is 3. The van der Waals surface area contributed by atoms with Gasteiger partial charge in [-0.15, -0.1) is 0 Å². The molecule has 0 atom stereocenters. The molecule has 0 saturated carbocycles. The van der Waals surface area contributed by atoms with Crippen molar-refractivity contribution in [1.29, 1.82) is 0 Å². The lowest BCUT2D eigenvalue weighted by atomic mass is 9.67. The third kappa shape index (κ3) is 4.78. The molecule has 1 aliphatic carbocycles. The number of hydrogen-bond donors (Lipinski definition) is 0. The van der Waals surface area contributed by atoms with Crippen LogP contribution in [-0.4, -0.2) is 15.0 Å². The molecule has 2 heterocycles. The highest BCUT2D eigenvalue weighted by atomic mass is 14.9. The Bertz CT molecular complexity index is 2370. The van der Waals surface area contributed by atoms with E-state index < -0.39 is 5.41 Å². The van der Waals surface area contributed by atoms with Gasteiger partial charge in [0.1, 0.15) is 0 Å². The van der Waals surface area contributed by atoms with Gasteiger partial charge in [-0.1, -0.05) is 164 Å². The average molecular weight is 626 g/mol. The number of rotatable bonds is 6. The number of aromatic nitrogens is 3. The van der Waals surface area contributed by atoms with Gasteiger partial charge in [-0.25, -0.2) is 9.97 Å². The number of benzene rings is 6. The topological polar surface area (TPSA) is 38.7 Å². The minimum atomic E-state index is -0.486. The molecule has 3 nitrogen and oxygen atoms in total. The van der Waals surface area contributed by atoms with Crippen LogP contribution < -0.4 is 0 Å². The van der Waals surface area contributed by atoms with Crippen LogP contribution in [0.1, 0.15) is 22.3 Å². The Labute approximate surface area is 286 Å². The Morgan fingerprint density at radius 1 is 0.367 bits per heavy atom. The lowest BCUT2D eigenvalue weighted by molar-refractivity contribution is 0.768. The van der Waals surface area contributed by atoms with E-state index >= 15 is 0 Å². The van der Waals surface area contributed by atoms with Crippen molar-refractivity contribution < 1.29 is 0 Å². The number of fused-ring (bicyclic) bond motifs is 3. The van der Waals surface area contributed by atoms with E-state index in [1.54, 1.807) is 0 Å². The van der Waals surface area contributed by atoms with Gasteiger partial charge in [0, 0.05) is 28.5 Å². The van der Waals surface area contributed by atoms with Gasteiger partial charge >= 0.3 is 0 Å². The summed E-state index contributed by atoms with van der Waals surface area (Å²) < 4.78 is 0. The number of pyridine rings is 1. The standard InChI is InChI=1S/C46H31N3/c1-5-16-32(17-6-1)41-29-28-34(31-47-41)45-48-42(33-18-7-2-8-19-33)30-43(49-45)38-25-15-27-40-44(38)37-24-13-14-26-39(37)46(40,35-20-9-3-10-21-35)36-22-11-4-12-23-36/h1-31H. The quantitative estimate of drug-likeness (QED) is 0.185. The van der Waals surface area contributed by atoms with Crippen molar-refractivity contribution in [2.75, 3.05) is 0 Å². The zero-order valence-electron chi connectivity index (χ0n) is 26.7. The normalized spacial score (nSPS) is 12.7. The molecule has 0 aliphatic heterocycles. The molecule has 49 heavy (non-hydrogen) atoms. The third-order valence-corrected chi connectivity index (χ3v) is 9.65. The van der Waals surface area contributed by atoms with Gasteiger partial charge in [0.15, 0.2) is 5.82 Å². The zero-order valence-corrected chi connectivity index (χ0v) is 26.7. The van der Waals surface area contributed by atoms with Gasteiger partial charge in [0.25, 0.3) is 0 Å². The van der Waals surface area contributed by atoms with Crippen molar-refractivity contribution in [1.82, 2.24) is 15.0 Å². The molecule has 230 valence electrons. The lowest BCUT2D eigenvalue weighted by Crippen LogP contribution is -2.28. The summed E-state index contributed by atoms with van der Waals surface area (Å²) in [5.41, 5.74) is 13.7. The van der Waals surface area contributed by atoms with Crippen molar-refractivity contribution in [2.24, 2.45) is 0 Å². The largest absolute Gasteiger partial charge is 0.255 e. The Morgan fingerprint density at radius 2 is 0.898 bits per heavy atom. The smallest absolute Gasteiger partial charge is 0.161 e. The van der Waals surface area contributed by atoms with Crippen LogP contribution in [-0.2, 0) is 5.41 Å². The molecule has 6 aromatic carbocycles. The van der Waals surface area contributed by atoms with Crippen LogP contribution in [0.15, 0.2) is 188 Å². The van der Waals surface area contributed by atoms with Crippen molar-refractivity contribution >= 4 is 0 Å². The predicted molar refractivity (Wildman–Crippen MR) is 199 cm³/mol. The van der Waals surface area contributed by atoms with E-state index in [4.69, 9.17) is 15.0 Å². The molecule has 0 radical (unpaired) electrons. The van der Waals surface area contributed by atoms with E-state index in [-0.39, 0.29) is 0 Å². The van der Waals surface area contributed by atoms with Crippen LogP contribution >= 0.6 is 0 Å². The number of hydrogen-bond acceptors (Lipinski definition) is 3. The second kappa shape index (κ2) is 12.0.